The lowest BCUT2D eigenvalue weighted by Crippen LogP contribution is -2.32. The first-order chi connectivity index (χ1) is 8.06. The fourth-order valence-electron chi connectivity index (χ4n) is 1.36. The van der Waals surface area contributed by atoms with Crippen molar-refractivity contribution in [2.45, 2.75) is 46.1 Å². The molecule has 18 heavy (non-hydrogen) atoms. The molecule has 0 aromatic heterocycles. The Balaban J connectivity index is 0. The van der Waals surface area contributed by atoms with Crippen molar-refractivity contribution in [3.05, 3.63) is 0 Å². The van der Waals surface area contributed by atoms with Crippen molar-refractivity contribution in [2.75, 3.05) is 19.6 Å². The van der Waals surface area contributed by atoms with E-state index in [0.29, 0.717) is 25.8 Å². The highest BCUT2D eigenvalue weighted by molar-refractivity contribution is 5.85. The molecule has 2 amide bonds. The second-order valence-electron chi connectivity index (χ2n) is 4.28. The summed E-state index contributed by atoms with van der Waals surface area (Å²) in [4.78, 5) is 22.6. The van der Waals surface area contributed by atoms with Crippen LogP contribution >= 0.6 is 12.4 Å². The highest BCUT2D eigenvalue weighted by Gasteiger charge is 2.05. The Morgan fingerprint density at radius 3 is 2.22 bits per heavy atom. The van der Waals surface area contributed by atoms with Gasteiger partial charge in [0.2, 0.25) is 11.8 Å². The monoisotopic (exact) mass is 279 g/mol. The second kappa shape index (κ2) is 12.6. The van der Waals surface area contributed by atoms with Gasteiger partial charge in [-0.3, -0.25) is 9.59 Å². The molecule has 0 radical (unpaired) electrons. The SMILES string of the molecule is CCNCCNC(=O)CCCC(=O)NC(C)C.Cl. The van der Waals surface area contributed by atoms with Gasteiger partial charge in [0.1, 0.15) is 0 Å². The highest BCUT2D eigenvalue weighted by atomic mass is 35.5. The van der Waals surface area contributed by atoms with Crippen molar-refractivity contribution in [2.24, 2.45) is 0 Å². The summed E-state index contributed by atoms with van der Waals surface area (Å²) >= 11 is 0. The van der Waals surface area contributed by atoms with E-state index < -0.39 is 0 Å². The summed E-state index contributed by atoms with van der Waals surface area (Å²) in [6.45, 7) is 8.21. The number of hydrogen-bond donors (Lipinski definition) is 3. The molecule has 0 unspecified atom stereocenters. The fraction of sp³-hybridized carbons (Fsp3) is 0.833. The van der Waals surface area contributed by atoms with Crippen LogP contribution in [-0.4, -0.2) is 37.5 Å². The van der Waals surface area contributed by atoms with Crippen LogP contribution in [0, 0.1) is 0 Å². The van der Waals surface area contributed by atoms with Crippen LogP contribution in [0.5, 0.6) is 0 Å². The van der Waals surface area contributed by atoms with Gasteiger partial charge in [-0.1, -0.05) is 6.92 Å². The van der Waals surface area contributed by atoms with Gasteiger partial charge in [0, 0.05) is 32.0 Å². The van der Waals surface area contributed by atoms with Gasteiger partial charge in [-0.2, -0.15) is 0 Å². The van der Waals surface area contributed by atoms with Gasteiger partial charge >= 0.3 is 0 Å². The minimum atomic E-state index is 0. The Labute approximate surface area is 116 Å². The fourth-order valence-corrected chi connectivity index (χ4v) is 1.36. The van der Waals surface area contributed by atoms with E-state index in [4.69, 9.17) is 0 Å². The topological polar surface area (TPSA) is 70.2 Å². The predicted molar refractivity (Wildman–Crippen MR) is 75.9 cm³/mol. The molecular formula is C12H26ClN3O2. The Bertz CT molecular complexity index is 235. The normalized spacial score (nSPS) is 9.78. The van der Waals surface area contributed by atoms with E-state index in [1.807, 2.05) is 20.8 Å². The molecule has 0 aromatic carbocycles. The molecule has 0 aromatic rings. The average molecular weight is 280 g/mol. The molecule has 3 N–H and O–H groups in total. The smallest absolute Gasteiger partial charge is 0.220 e. The number of likely N-dealkylation sites (N-methyl/N-ethyl adjacent to an activating group) is 1. The molecule has 0 heterocycles. The first-order valence-electron chi connectivity index (χ1n) is 6.33. The standard InChI is InChI=1S/C12H25N3O2.ClH/c1-4-13-8-9-14-11(16)6-5-7-12(17)15-10(2)3;/h10,13H,4-9H2,1-3H3,(H,14,16)(H,15,17);1H. The maximum Gasteiger partial charge on any atom is 0.220 e. The van der Waals surface area contributed by atoms with E-state index in [-0.39, 0.29) is 30.3 Å². The van der Waals surface area contributed by atoms with Gasteiger partial charge in [-0.15, -0.1) is 12.4 Å². The van der Waals surface area contributed by atoms with Crippen LogP contribution in [-0.2, 0) is 9.59 Å². The van der Waals surface area contributed by atoms with Crippen molar-refractivity contribution in [1.82, 2.24) is 16.0 Å². The lowest BCUT2D eigenvalue weighted by molar-refractivity contribution is -0.122. The quantitative estimate of drug-likeness (QED) is 0.548. The number of carbonyl (C=O) groups is 2. The number of nitrogens with one attached hydrogen (secondary N) is 3. The Morgan fingerprint density at radius 1 is 1.06 bits per heavy atom. The third-order valence-electron chi connectivity index (χ3n) is 2.13. The molecule has 5 nitrogen and oxygen atoms in total. The molecule has 108 valence electrons. The summed E-state index contributed by atoms with van der Waals surface area (Å²) in [6, 6.07) is 0.163. The van der Waals surface area contributed by atoms with Crippen LogP contribution in [0.1, 0.15) is 40.0 Å². The number of amides is 2. The first-order valence-corrected chi connectivity index (χ1v) is 6.33. The summed E-state index contributed by atoms with van der Waals surface area (Å²) in [6.07, 6.45) is 1.43. The molecule has 0 saturated carbocycles. The molecule has 0 saturated heterocycles. The maximum atomic E-state index is 11.3. The zero-order chi connectivity index (χ0) is 13.1. The van der Waals surface area contributed by atoms with Crippen molar-refractivity contribution >= 4 is 24.2 Å². The molecule has 0 atom stereocenters. The second-order valence-corrected chi connectivity index (χ2v) is 4.28. The van der Waals surface area contributed by atoms with E-state index in [1.54, 1.807) is 0 Å². The van der Waals surface area contributed by atoms with Crippen molar-refractivity contribution in [3.8, 4) is 0 Å². The average Bonchev–Trinajstić information content (AvgIpc) is 2.23. The molecule has 0 bridgehead atoms. The molecule has 0 aliphatic carbocycles. The molecule has 0 spiro atoms. The number of carbonyl (C=O) groups excluding carboxylic acids is 2. The summed E-state index contributed by atoms with van der Waals surface area (Å²) in [5, 5.41) is 8.72. The van der Waals surface area contributed by atoms with Gasteiger partial charge < -0.3 is 16.0 Å². The van der Waals surface area contributed by atoms with Gasteiger partial charge in [0.05, 0.1) is 0 Å². The molecule has 0 rings (SSSR count). The van der Waals surface area contributed by atoms with Crippen LogP contribution in [0.4, 0.5) is 0 Å². The van der Waals surface area contributed by atoms with Crippen molar-refractivity contribution < 1.29 is 9.59 Å². The minimum absolute atomic E-state index is 0. The number of halogens is 1. The number of hydrogen-bond acceptors (Lipinski definition) is 3. The first kappa shape index (κ1) is 19.5. The molecule has 0 aliphatic heterocycles. The summed E-state index contributed by atoms with van der Waals surface area (Å²) in [5.74, 6) is 0.0284. The number of rotatable bonds is 9. The zero-order valence-corrected chi connectivity index (χ0v) is 12.4. The van der Waals surface area contributed by atoms with Crippen molar-refractivity contribution in [1.29, 1.82) is 0 Å². The maximum absolute atomic E-state index is 11.3. The van der Waals surface area contributed by atoms with Crippen molar-refractivity contribution in [3.63, 3.8) is 0 Å². The van der Waals surface area contributed by atoms with Gasteiger partial charge in [0.15, 0.2) is 0 Å². The zero-order valence-electron chi connectivity index (χ0n) is 11.5. The summed E-state index contributed by atoms with van der Waals surface area (Å²) in [5.41, 5.74) is 0. The highest BCUT2D eigenvalue weighted by Crippen LogP contribution is 1.95. The molecule has 6 heteroatoms. The third kappa shape index (κ3) is 13.3. The van der Waals surface area contributed by atoms with Gasteiger partial charge in [-0.05, 0) is 26.8 Å². The van der Waals surface area contributed by atoms with E-state index in [0.717, 1.165) is 13.1 Å². The van der Waals surface area contributed by atoms with Crippen LogP contribution in [0.15, 0.2) is 0 Å². The summed E-state index contributed by atoms with van der Waals surface area (Å²) < 4.78 is 0. The molecular weight excluding hydrogens is 254 g/mol. The van der Waals surface area contributed by atoms with E-state index in [1.165, 1.54) is 0 Å². The Morgan fingerprint density at radius 2 is 1.67 bits per heavy atom. The Kier molecular flexibility index (Phi) is 13.7. The minimum Gasteiger partial charge on any atom is -0.355 e. The lowest BCUT2D eigenvalue weighted by atomic mass is 10.2. The predicted octanol–water partition coefficient (Wildman–Crippen LogP) is 0.829. The van der Waals surface area contributed by atoms with E-state index >= 15 is 0 Å². The van der Waals surface area contributed by atoms with Crippen LogP contribution < -0.4 is 16.0 Å². The molecule has 0 aliphatic rings. The third-order valence-corrected chi connectivity index (χ3v) is 2.13. The van der Waals surface area contributed by atoms with Gasteiger partial charge in [0.25, 0.3) is 0 Å². The van der Waals surface area contributed by atoms with Crippen LogP contribution in [0.3, 0.4) is 0 Å². The van der Waals surface area contributed by atoms with E-state index in [2.05, 4.69) is 16.0 Å². The Hall–Kier alpha value is -0.810. The summed E-state index contributed by atoms with van der Waals surface area (Å²) in [7, 11) is 0. The molecule has 0 fully saturated rings. The van der Waals surface area contributed by atoms with E-state index in [9.17, 15) is 9.59 Å². The van der Waals surface area contributed by atoms with Gasteiger partial charge in [-0.25, -0.2) is 0 Å². The van der Waals surface area contributed by atoms with Crippen LogP contribution in [0.25, 0.3) is 0 Å². The lowest BCUT2D eigenvalue weighted by Gasteiger charge is -2.08. The largest absolute Gasteiger partial charge is 0.355 e. The van der Waals surface area contributed by atoms with Crippen LogP contribution in [0.2, 0.25) is 0 Å².